The second-order valence-electron chi connectivity index (χ2n) is 0.793. The number of hydrogen-bond donors (Lipinski definition) is 0. The van der Waals surface area contributed by atoms with E-state index in [0.29, 0.717) is 0 Å². The summed E-state index contributed by atoms with van der Waals surface area (Å²) in [6.07, 6.45) is -2.33. The zero-order valence-corrected chi connectivity index (χ0v) is 19.1. The molecule has 0 spiro atoms. The average molecular weight is 340 g/mol. The van der Waals surface area contributed by atoms with Crippen LogP contribution in [0.1, 0.15) is 0 Å². The monoisotopic (exact) mass is 340 g/mol. The Labute approximate surface area is 201 Å². The standard InChI is InChI=1S/CH2O3.Al.2Ca.2Na.H3O4P.2O/c2-1(3)4;;;;;;1-5(2,3)4;;/h(H2,2,3,4);;;;;;(H3,1,2,3,4);;/q;;2*+2;2*+1;;;-1/p-5. The van der Waals surface area contributed by atoms with E-state index in [9.17, 15) is 0 Å². The van der Waals surface area contributed by atoms with E-state index in [1.165, 1.54) is 0 Å². The Morgan fingerprint density at radius 1 is 1.00 bits per heavy atom. The van der Waals surface area contributed by atoms with Crippen molar-refractivity contribution in [2.24, 2.45) is 0 Å². The summed E-state index contributed by atoms with van der Waals surface area (Å²) < 4.78 is 25.5. The van der Waals surface area contributed by atoms with Gasteiger partial charge in [-0.15, -0.1) is 0 Å². The topological polar surface area (TPSA) is 190 Å². The molecule has 0 aliphatic carbocycles. The van der Waals surface area contributed by atoms with Crippen LogP contribution in [0.25, 0.3) is 0 Å². The van der Waals surface area contributed by atoms with Crippen molar-refractivity contribution in [3.8, 4) is 0 Å². The van der Waals surface area contributed by atoms with Gasteiger partial charge in [0.25, 0.3) is 0 Å². The van der Waals surface area contributed by atoms with Crippen molar-refractivity contribution in [3.63, 3.8) is 0 Å². The summed E-state index contributed by atoms with van der Waals surface area (Å²) in [5, 5.41) is 16.7. The third kappa shape index (κ3) is 322. The molecule has 16 heavy (non-hydrogen) atoms. The molecule has 0 aliphatic rings. The first-order valence-corrected chi connectivity index (χ1v) is 4.22. The second-order valence-corrected chi connectivity index (χ2v) is 1.88. The third-order valence-corrected chi connectivity index (χ3v) is 0. The molecule has 0 aromatic heterocycles. The Morgan fingerprint density at radius 3 is 1.00 bits per heavy atom. The summed E-state index contributed by atoms with van der Waals surface area (Å²) in [4.78, 5) is 34.0. The fraction of sp³-hybridized carbons (Fsp3) is 0. The van der Waals surface area contributed by atoms with E-state index in [0.717, 1.165) is 0 Å². The maximum absolute atomic E-state index is 8.55. The van der Waals surface area contributed by atoms with Gasteiger partial charge in [-0.25, -0.2) is 0 Å². The van der Waals surface area contributed by atoms with Crippen LogP contribution >= 0.6 is 7.82 Å². The minimum absolute atomic E-state index is 0. The summed E-state index contributed by atoms with van der Waals surface area (Å²) in [5.74, 6) is 0. The van der Waals surface area contributed by atoms with Gasteiger partial charge < -0.3 is 34.3 Å². The summed E-state index contributed by atoms with van der Waals surface area (Å²) >= 11 is -1.75. The van der Waals surface area contributed by atoms with Crippen molar-refractivity contribution in [2.75, 3.05) is 0 Å². The summed E-state index contributed by atoms with van der Waals surface area (Å²) in [5.41, 5.74) is 0. The Kier molecular flexibility index (Phi) is 83.9. The van der Waals surface area contributed by atoms with Gasteiger partial charge in [-0.05, 0) is 6.16 Å². The van der Waals surface area contributed by atoms with E-state index in [-0.39, 0.29) is 135 Å². The predicted octanol–water partition coefficient (Wildman–Crippen LogP) is -13.7. The fourth-order valence-electron chi connectivity index (χ4n) is 0. The molecular formula is CAlCa2Na2O9P. The van der Waals surface area contributed by atoms with Gasteiger partial charge in [0.05, 0.1) is 0 Å². The molecule has 0 heterocycles. The van der Waals surface area contributed by atoms with Crippen molar-refractivity contribution >= 4 is 105 Å². The van der Waals surface area contributed by atoms with Crippen LogP contribution in [0.5, 0.6) is 0 Å². The molecule has 0 radical (unpaired) electrons. The van der Waals surface area contributed by atoms with Crippen LogP contribution in [0, 0.1) is 0 Å². The van der Waals surface area contributed by atoms with E-state index < -0.39 is 29.5 Å². The van der Waals surface area contributed by atoms with E-state index in [4.69, 9.17) is 42.2 Å². The first kappa shape index (κ1) is 42.7. The molecule has 0 atom stereocenters. The molecule has 0 saturated carbocycles. The van der Waals surface area contributed by atoms with Crippen LogP contribution in [0.15, 0.2) is 0 Å². The number of carboxylic acid groups (broad SMARTS) is 2. The van der Waals surface area contributed by atoms with Gasteiger partial charge in [0, 0.05) is 0 Å². The van der Waals surface area contributed by atoms with Crippen molar-refractivity contribution in [1.82, 2.24) is 0 Å². The predicted molar refractivity (Wildman–Crippen MR) is 31.0 cm³/mol. The number of carbonyl (C=O) groups excluding carboxylic acids is 1. The molecule has 0 rings (SSSR count). The average Bonchev–Trinajstić information content (AvgIpc) is 1.56. The molecule has 0 aliphatic heterocycles. The van der Waals surface area contributed by atoms with Crippen molar-refractivity contribution in [3.05, 3.63) is 0 Å². The molecule has 0 aromatic carbocycles. The third-order valence-electron chi connectivity index (χ3n) is 0. The van der Waals surface area contributed by atoms with Gasteiger partial charge in [-0.3, -0.25) is 0 Å². The van der Waals surface area contributed by atoms with Crippen LogP contribution in [0.4, 0.5) is 4.79 Å². The molecule has 9 nitrogen and oxygen atoms in total. The molecule has 15 heteroatoms. The van der Waals surface area contributed by atoms with E-state index in [2.05, 4.69) is 0 Å². The first-order valence-electron chi connectivity index (χ1n) is 1.81. The van der Waals surface area contributed by atoms with E-state index >= 15 is 0 Å². The Hall–Kier alpha value is 4.03. The SMILES string of the molecule is O=C([O-])[O-].O=P([O-])([O-])[O-].[Ca+2].[Ca+2].[Na+].[Na+].[O]=[Al][O-]. The normalized spacial score (nSPS) is 5.69. The Morgan fingerprint density at radius 2 is 1.00 bits per heavy atom. The van der Waals surface area contributed by atoms with Gasteiger partial charge in [-0.1, -0.05) is 0 Å². The van der Waals surface area contributed by atoms with Crippen LogP contribution in [0.3, 0.4) is 0 Å². The van der Waals surface area contributed by atoms with Gasteiger partial charge in [0.15, 0.2) is 0 Å². The van der Waals surface area contributed by atoms with E-state index in [1.54, 1.807) is 0 Å². The number of phosphoric acid groups is 1. The zero-order chi connectivity index (χ0) is 10.8. The van der Waals surface area contributed by atoms with E-state index in [1.807, 2.05) is 0 Å². The van der Waals surface area contributed by atoms with Gasteiger partial charge >= 0.3 is 158 Å². The Bertz CT molecular complexity index is 163. The molecule has 0 unspecified atom stereocenters. The zero-order valence-electron chi connectivity index (χ0n) is 8.61. The Balaban J connectivity index is -0.0000000138. The molecule has 0 N–H and O–H groups in total. The molecule has 0 bridgehead atoms. The van der Waals surface area contributed by atoms with Crippen LogP contribution < -0.4 is 88.2 Å². The number of hydrogen-bond acceptors (Lipinski definition) is 9. The fourth-order valence-corrected chi connectivity index (χ4v) is 0. The van der Waals surface area contributed by atoms with Crippen LogP contribution in [-0.2, 0) is 8.37 Å². The summed E-state index contributed by atoms with van der Waals surface area (Å²) in [6, 6.07) is 0. The van der Waals surface area contributed by atoms with Gasteiger partial charge in [-0.2, -0.15) is 7.82 Å². The van der Waals surface area contributed by atoms with Crippen LogP contribution in [-0.4, -0.2) is 97.1 Å². The summed E-state index contributed by atoms with van der Waals surface area (Å²) in [7, 11) is -5.39. The van der Waals surface area contributed by atoms with Gasteiger partial charge in [0.2, 0.25) is 0 Å². The quantitative estimate of drug-likeness (QED) is 0.304. The van der Waals surface area contributed by atoms with Crippen molar-refractivity contribution in [1.29, 1.82) is 0 Å². The van der Waals surface area contributed by atoms with Crippen LogP contribution in [0.2, 0.25) is 0 Å². The molecule has 72 valence electrons. The minimum atomic E-state index is -5.39. The molecule has 0 saturated heterocycles. The first-order chi connectivity index (χ1) is 5.15. The molecule has 0 fully saturated rings. The number of rotatable bonds is 0. The molecular weight excluding hydrogens is 340 g/mol. The molecule has 0 amide bonds. The molecule has 0 aromatic rings. The maximum atomic E-state index is 8.55. The van der Waals surface area contributed by atoms with Crippen molar-refractivity contribution in [2.45, 2.75) is 0 Å². The van der Waals surface area contributed by atoms with Gasteiger partial charge in [0.1, 0.15) is 0 Å². The second kappa shape index (κ2) is 31.4. The number of carbonyl (C=O) groups is 1. The summed E-state index contributed by atoms with van der Waals surface area (Å²) in [6.45, 7) is 0. The van der Waals surface area contributed by atoms with Crippen molar-refractivity contribution < 1.29 is 101 Å².